The topological polar surface area (TPSA) is 137 Å². The van der Waals surface area contributed by atoms with Crippen molar-refractivity contribution in [2.45, 2.75) is 65.3 Å². The number of nitrogens with one attached hydrogen (secondary N) is 2. The monoisotopic (exact) mass is 638 g/mol. The van der Waals surface area contributed by atoms with E-state index in [0.717, 1.165) is 57.4 Å². The summed E-state index contributed by atoms with van der Waals surface area (Å²) in [5.74, 6) is 0.648. The molecule has 0 saturated carbocycles. The molecule has 236 valence electrons. The first-order chi connectivity index (χ1) is 20.8. The minimum atomic E-state index is -3.68. The molecule has 0 bridgehead atoms. The van der Waals surface area contributed by atoms with Crippen molar-refractivity contribution < 1.29 is 13.2 Å². The van der Waals surface area contributed by atoms with Crippen LogP contribution in [0.5, 0.6) is 0 Å². The number of H-pyrrole nitrogens is 1. The number of aromatic nitrogens is 5. The molecule has 13 heteroatoms. The van der Waals surface area contributed by atoms with Gasteiger partial charge in [0.05, 0.1) is 0 Å². The first-order valence-corrected chi connectivity index (χ1v) is 17.2. The summed E-state index contributed by atoms with van der Waals surface area (Å²) in [5, 5.41) is 7.49. The Hall–Kier alpha value is -3.26. The quantitative estimate of drug-likeness (QED) is 0.206. The van der Waals surface area contributed by atoms with Gasteiger partial charge in [0, 0.05) is 50.8 Å². The third kappa shape index (κ3) is 7.68. The van der Waals surface area contributed by atoms with Crippen LogP contribution >= 0.6 is 11.3 Å². The van der Waals surface area contributed by atoms with Gasteiger partial charge in [0.25, 0.3) is 0 Å². The SMILES string of the molecule is CN(CC[C@@H](CC(=O)c1nc2cc3c(nc2s1)CC[C@H](C(C)(C)C)C3)c1ccc(NS(=O)(=O)N(C)C)nc1)Cc1ccn[nH]1. The molecule has 2 N–H and O–H groups in total. The van der Waals surface area contributed by atoms with Gasteiger partial charge in [-0.2, -0.15) is 17.8 Å². The van der Waals surface area contributed by atoms with E-state index in [1.807, 2.05) is 19.2 Å². The highest BCUT2D eigenvalue weighted by atomic mass is 32.2. The lowest BCUT2D eigenvalue weighted by Crippen LogP contribution is -2.29. The average Bonchev–Trinajstić information content (AvgIpc) is 3.63. The van der Waals surface area contributed by atoms with Crippen molar-refractivity contribution in [1.29, 1.82) is 0 Å². The number of thiazole rings is 1. The summed E-state index contributed by atoms with van der Waals surface area (Å²) in [5.41, 5.74) is 5.29. The number of pyridine rings is 2. The van der Waals surface area contributed by atoms with Crippen LogP contribution in [0.1, 0.15) is 78.3 Å². The second-order valence-corrected chi connectivity index (χ2v) is 15.9. The standard InChI is InChI=1S/C31H42N8O3S2/c1-31(2,3)23-8-9-25-22(15-23)16-26-29(34-25)43-30(35-26)27(40)17-20(12-14-39(6)19-24-11-13-33-36-24)21-7-10-28(32-18-21)37-44(41,42)38(4)5/h7,10-11,13,16,18,20,23H,8-9,12,14-15,17,19H2,1-6H3,(H,32,37)(H,33,36)/t20-,23-/m0/s1. The van der Waals surface area contributed by atoms with Gasteiger partial charge in [0.2, 0.25) is 0 Å². The van der Waals surface area contributed by atoms with Crippen molar-refractivity contribution in [3.63, 3.8) is 0 Å². The van der Waals surface area contributed by atoms with Gasteiger partial charge in [-0.25, -0.2) is 15.0 Å². The van der Waals surface area contributed by atoms with Crippen molar-refractivity contribution in [3.8, 4) is 0 Å². The molecule has 4 heterocycles. The number of carbonyl (C=O) groups is 1. The summed E-state index contributed by atoms with van der Waals surface area (Å²) in [6.45, 7) is 8.32. The number of rotatable bonds is 12. The zero-order valence-electron chi connectivity index (χ0n) is 26.3. The Balaban J connectivity index is 1.34. The summed E-state index contributed by atoms with van der Waals surface area (Å²) in [6.07, 6.45) is 7.41. The van der Waals surface area contributed by atoms with E-state index in [2.05, 4.69) is 51.6 Å². The van der Waals surface area contributed by atoms with Gasteiger partial charge >= 0.3 is 10.2 Å². The lowest BCUT2D eigenvalue weighted by atomic mass is 9.71. The molecule has 0 unspecified atom stereocenters. The molecule has 4 aromatic heterocycles. The Bertz CT molecular complexity index is 1690. The van der Waals surface area contributed by atoms with Gasteiger partial charge in [0.1, 0.15) is 16.2 Å². The van der Waals surface area contributed by atoms with Gasteiger partial charge in [-0.3, -0.25) is 14.6 Å². The fourth-order valence-corrected chi connectivity index (χ4v) is 7.07. The molecule has 1 aliphatic rings. The number of anilines is 1. The Morgan fingerprint density at radius 2 is 1.98 bits per heavy atom. The van der Waals surface area contributed by atoms with E-state index in [0.29, 0.717) is 23.9 Å². The number of hydrogen-bond acceptors (Lipinski definition) is 9. The zero-order chi connectivity index (χ0) is 31.6. The van der Waals surface area contributed by atoms with E-state index < -0.39 is 10.2 Å². The summed E-state index contributed by atoms with van der Waals surface area (Å²) in [6, 6.07) is 7.56. The fraction of sp³-hybridized carbons (Fsp3) is 0.516. The molecule has 0 radical (unpaired) electrons. The average molecular weight is 639 g/mol. The molecule has 0 aliphatic heterocycles. The number of hydrogen-bond donors (Lipinski definition) is 2. The van der Waals surface area contributed by atoms with E-state index in [-0.39, 0.29) is 29.4 Å². The smallest absolute Gasteiger partial charge is 0.301 e. The molecule has 2 atom stereocenters. The molecule has 4 aromatic rings. The van der Waals surface area contributed by atoms with Crippen molar-refractivity contribution in [2.75, 3.05) is 32.4 Å². The van der Waals surface area contributed by atoms with Crippen LogP contribution in [0.4, 0.5) is 5.82 Å². The largest absolute Gasteiger partial charge is 0.302 e. The maximum absolute atomic E-state index is 13.7. The van der Waals surface area contributed by atoms with Gasteiger partial charge in [-0.1, -0.05) is 38.2 Å². The fourth-order valence-electron chi connectivity index (χ4n) is 5.62. The molecule has 0 amide bonds. The lowest BCUT2D eigenvalue weighted by Gasteiger charge is -2.34. The highest BCUT2D eigenvalue weighted by Crippen LogP contribution is 2.38. The Labute approximate surface area is 263 Å². The second-order valence-electron chi connectivity index (χ2n) is 13.0. The zero-order valence-corrected chi connectivity index (χ0v) is 27.9. The van der Waals surface area contributed by atoms with E-state index in [1.165, 1.54) is 31.0 Å². The number of carbonyl (C=O) groups excluding carboxylic acids is 1. The van der Waals surface area contributed by atoms with Crippen LogP contribution in [0.3, 0.4) is 0 Å². The summed E-state index contributed by atoms with van der Waals surface area (Å²) in [7, 11) is 1.26. The molecular weight excluding hydrogens is 597 g/mol. The number of Topliss-reactive ketones (excluding diaryl/α,β-unsaturated/α-hetero) is 1. The first kappa shape index (κ1) is 32.1. The van der Waals surface area contributed by atoms with Gasteiger partial charge in [0.15, 0.2) is 10.8 Å². The van der Waals surface area contributed by atoms with E-state index >= 15 is 0 Å². The number of aromatic amines is 1. The molecule has 0 fully saturated rings. The summed E-state index contributed by atoms with van der Waals surface area (Å²) < 4.78 is 28.1. The van der Waals surface area contributed by atoms with Crippen LogP contribution in [0.25, 0.3) is 10.3 Å². The van der Waals surface area contributed by atoms with Crippen LogP contribution in [0.2, 0.25) is 0 Å². The van der Waals surface area contributed by atoms with E-state index in [4.69, 9.17) is 9.97 Å². The molecule has 11 nitrogen and oxygen atoms in total. The third-order valence-corrected chi connectivity index (χ3v) is 10.9. The number of ketones is 1. The highest BCUT2D eigenvalue weighted by Gasteiger charge is 2.30. The number of fused-ring (bicyclic) bond motifs is 2. The molecule has 0 saturated heterocycles. The molecule has 0 spiro atoms. The van der Waals surface area contributed by atoms with Crippen LogP contribution in [0.15, 0.2) is 36.7 Å². The first-order valence-electron chi connectivity index (χ1n) is 14.9. The van der Waals surface area contributed by atoms with Crippen LogP contribution < -0.4 is 4.72 Å². The molecule has 1 aliphatic carbocycles. The second kappa shape index (κ2) is 13.0. The lowest BCUT2D eigenvalue weighted by molar-refractivity contribution is 0.0970. The predicted octanol–water partition coefficient (Wildman–Crippen LogP) is 5.06. The van der Waals surface area contributed by atoms with Gasteiger partial charge in [-0.05, 0) is 85.9 Å². The molecule has 0 aromatic carbocycles. The van der Waals surface area contributed by atoms with Crippen molar-refractivity contribution in [1.82, 2.24) is 34.4 Å². The number of aryl methyl sites for hydroxylation is 1. The van der Waals surface area contributed by atoms with Crippen LogP contribution in [-0.4, -0.2) is 76.2 Å². The normalized spacial score (nSPS) is 16.4. The van der Waals surface area contributed by atoms with E-state index in [1.54, 1.807) is 18.5 Å². The highest BCUT2D eigenvalue weighted by molar-refractivity contribution is 7.90. The minimum absolute atomic E-state index is 0.0304. The van der Waals surface area contributed by atoms with Crippen LogP contribution in [0, 0.1) is 11.3 Å². The molecule has 44 heavy (non-hydrogen) atoms. The van der Waals surface area contributed by atoms with Crippen molar-refractivity contribution >= 4 is 43.5 Å². The van der Waals surface area contributed by atoms with Crippen LogP contribution in [-0.2, 0) is 29.6 Å². The van der Waals surface area contributed by atoms with Gasteiger partial charge < -0.3 is 4.90 Å². The molecule has 5 rings (SSSR count). The Kier molecular flexibility index (Phi) is 9.49. The number of nitrogens with zero attached hydrogens (tertiary/aromatic N) is 6. The Morgan fingerprint density at radius 1 is 1.18 bits per heavy atom. The third-order valence-electron chi connectivity index (χ3n) is 8.47. The minimum Gasteiger partial charge on any atom is -0.301 e. The Morgan fingerprint density at radius 3 is 2.64 bits per heavy atom. The van der Waals surface area contributed by atoms with Crippen molar-refractivity contribution in [2.24, 2.45) is 11.3 Å². The summed E-state index contributed by atoms with van der Waals surface area (Å²) in [4.78, 5) is 30.8. The van der Waals surface area contributed by atoms with Gasteiger partial charge in [-0.15, -0.1) is 0 Å². The predicted molar refractivity (Wildman–Crippen MR) is 174 cm³/mol. The van der Waals surface area contributed by atoms with E-state index in [9.17, 15) is 13.2 Å². The maximum atomic E-state index is 13.7. The summed E-state index contributed by atoms with van der Waals surface area (Å²) >= 11 is 1.37. The molecular formula is C31H42N8O3S2. The van der Waals surface area contributed by atoms with Crippen molar-refractivity contribution in [3.05, 3.63) is 64.2 Å². The maximum Gasteiger partial charge on any atom is 0.302 e.